The predicted octanol–water partition coefficient (Wildman–Crippen LogP) is 8.67. The average Bonchev–Trinajstić information content (AvgIpc) is 2.73. The van der Waals surface area contributed by atoms with Gasteiger partial charge >= 0.3 is 0 Å². The van der Waals surface area contributed by atoms with E-state index in [0.717, 1.165) is 0 Å². The number of rotatable bonds is 0. The van der Waals surface area contributed by atoms with Gasteiger partial charge in [-0.15, -0.1) is 0 Å². The molecule has 0 aliphatic heterocycles. The lowest BCUT2D eigenvalue weighted by Crippen LogP contribution is -1.56. The first-order chi connectivity index (χ1) is 14.0. The second kappa shape index (κ2) is 30.8. The van der Waals surface area contributed by atoms with Crippen molar-refractivity contribution in [3.8, 4) is 17.2 Å². The van der Waals surface area contributed by atoms with Crippen LogP contribution in [0.4, 0.5) is 0 Å². The predicted molar refractivity (Wildman–Crippen MR) is 134 cm³/mol. The van der Waals surface area contributed by atoms with Crippen molar-refractivity contribution in [2.45, 2.75) is 61.8 Å². The Morgan fingerprint density at radius 1 is 0.433 bits per heavy atom. The normalized spacial score (nSPS) is 7.40. The molecule has 0 saturated carbocycles. The zero-order chi connectivity index (χ0) is 22.8. The zero-order valence-electron chi connectivity index (χ0n) is 18.9. The molecule has 0 spiro atoms. The highest BCUT2D eigenvalue weighted by Crippen LogP contribution is 2.04. The van der Waals surface area contributed by atoms with Crippen LogP contribution < -0.4 is 0 Å². The van der Waals surface area contributed by atoms with Gasteiger partial charge in [-0.2, -0.15) is 0 Å². The highest BCUT2D eigenvalue weighted by Gasteiger charge is 1.76. The summed E-state index contributed by atoms with van der Waals surface area (Å²) in [5.41, 5.74) is 0. The molecule has 0 amide bonds. The summed E-state index contributed by atoms with van der Waals surface area (Å²) >= 11 is 0. The standard InChI is InChI=1S/3C6H6O.2C3H8.C2H6.CH4/c3*7-6-4-2-1-3-5-6;2*1-3-2;1-2;/h3*1-5,7H;2*3H2,1-2H3;1-2H3;1H4. The summed E-state index contributed by atoms with van der Waals surface area (Å²) in [4.78, 5) is 0. The SMILES string of the molecule is C.CC.CCC.CCC.Oc1ccccc1.Oc1ccccc1.Oc1ccccc1. The van der Waals surface area contributed by atoms with Gasteiger partial charge in [0.25, 0.3) is 0 Å². The molecular weight excluding hydrogens is 372 g/mol. The highest BCUT2D eigenvalue weighted by atomic mass is 16.3. The van der Waals surface area contributed by atoms with E-state index in [1.807, 2.05) is 32.0 Å². The Balaban J connectivity index is -0.000000143. The van der Waals surface area contributed by atoms with Crippen LogP contribution in [0.2, 0.25) is 0 Å². The van der Waals surface area contributed by atoms with Crippen molar-refractivity contribution in [1.29, 1.82) is 0 Å². The van der Waals surface area contributed by atoms with Gasteiger partial charge in [0.1, 0.15) is 17.2 Å². The number of aromatic hydroxyl groups is 3. The van der Waals surface area contributed by atoms with Crippen molar-refractivity contribution in [1.82, 2.24) is 0 Å². The van der Waals surface area contributed by atoms with Gasteiger partial charge in [0, 0.05) is 0 Å². The molecular formula is C27H44O3. The fraction of sp³-hybridized carbons (Fsp3) is 0.333. The summed E-state index contributed by atoms with van der Waals surface area (Å²) in [5.74, 6) is 0.965. The van der Waals surface area contributed by atoms with E-state index in [4.69, 9.17) is 15.3 Å². The molecule has 0 aliphatic carbocycles. The van der Waals surface area contributed by atoms with E-state index in [-0.39, 0.29) is 7.43 Å². The first-order valence-electron chi connectivity index (χ1n) is 10.2. The molecule has 3 N–H and O–H groups in total. The molecule has 0 fully saturated rings. The van der Waals surface area contributed by atoms with Gasteiger partial charge in [-0.05, 0) is 36.4 Å². The van der Waals surface area contributed by atoms with Crippen molar-refractivity contribution in [3.63, 3.8) is 0 Å². The van der Waals surface area contributed by atoms with E-state index in [9.17, 15) is 0 Å². The third-order valence-corrected chi connectivity index (χ3v) is 2.27. The summed E-state index contributed by atoms with van der Waals surface area (Å²) in [7, 11) is 0. The maximum atomic E-state index is 8.63. The molecule has 0 unspecified atom stereocenters. The molecule has 3 heteroatoms. The number of phenolic OH excluding ortho intramolecular Hbond substituents is 3. The van der Waals surface area contributed by atoms with Crippen molar-refractivity contribution < 1.29 is 15.3 Å². The Kier molecular flexibility index (Phi) is 35.5. The van der Waals surface area contributed by atoms with Gasteiger partial charge < -0.3 is 15.3 Å². The van der Waals surface area contributed by atoms with Crippen molar-refractivity contribution in [2.24, 2.45) is 0 Å². The Bertz CT molecular complexity index is 520. The Morgan fingerprint density at radius 3 is 0.633 bits per heavy atom. The smallest absolute Gasteiger partial charge is 0.115 e. The van der Waals surface area contributed by atoms with E-state index in [0.29, 0.717) is 17.2 Å². The third kappa shape index (κ3) is 32.7. The maximum absolute atomic E-state index is 8.63. The number of para-hydroxylation sites is 3. The topological polar surface area (TPSA) is 60.7 Å². The largest absolute Gasteiger partial charge is 0.508 e. The minimum absolute atomic E-state index is 0. The monoisotopic (exact) mass is 416 g/mol. The van der Waals surface area contributed by atoms with Crippen LogP contribution in [0.25, 0.3) is 0 Å². The highest BCUT2D eigenvalue weighted by molar-refractivity contribution is 5.19. The van der Waals surface area contributed by atoms with Crippen LogP contribution in [-0.4, -0.2) is 15.3 Å². The van der Waals surface area contributed by atoms with Gasteiger partial charge in [0.15, 0.2) is 0 Å². The van der Waals surface area contributed by atoms with Crippen LogP contribution in [0.1, 0.15) is 61.8 Å². The van der Waals surface area contributed by atoms with Gasteiger partial charge in [-0.1, -0.05) is 116 Å². The van der Waals surface area contributed by atoms with E-state index < -0.39 is 0 Å². The number of phenols is 3. The van der Waals surface area contributed by atoms with Gasteiger partial charge in [0.2, 0.25) is 0 Å². The summed E-state index contributed by atoms with van der Waals surface area (Å²) in [6.45, 7) is 12.5. The second-order valence-electron chi connectivity index (χ2n) is 5.42. The lowest BCUT2D eigenvalue weighted by molar-refractivity contribution is 0.475. The van der Waals surface area contributed by atoms with E-state index in [1.54, 1.807) is 72.8 Å². The molecule has 3 aromatic rings. The number of hydrogen-bond acceptors (Lipinski definition) is 3. The second-order valence-corrected chi connectivity index (χ2v) is 5.42. The fourth-order valence-electron chi connectivity index (χ4n) is 1.28. The lowest BCUT2D eigenvalue weighted by Gasteiger charge is -1.82. The van der Waals surface area contributed by atoms with Crippen molar-refractivity contribution >= 4 is 0 Å². The van der Waals surface area contributed by atoms with Gasteiger partial charge in [-0.3, -0.25) is 0 Å². The van der Waals surface area contributed by atoms with Crippen molar-refractivity contribution in [3.05, 3.63) is 91.0 Å². The molecule has 0 aromatic heterocycles. The molecule has 30 heavy (non-hydrogen) atoms. The summed E-state index contributed by atoms with van der Waals surface area (Å²) in [6, 6.07) is 26.1. The molecule has 3 aromatic carbocycles. The molecule has 0 heterocycles. The molecule has 0 saturated heterocycles. The fourth-order valence-corrected chi connectivity index (χ4v) is 1.28. The Labute approximate surface area is 185 Å². The molecule has 0 bridgehead atoms. The van der Waals surface area contributed by atoms with Crippen LogP contribution in [0.15, 0.2) is 91.0 Å². The molecule has 0 radical (unpaired) electrons. The number of benzene rings is 3. The van der Waals surface area contributed by atoms with Gasteiger partial charge in [0.05, 0.1) is 0 Å². The van der Waals surface area contributed by atoms with Crippen LogP contribution in [-0.2, 0) is 0 Å². The van der Waals surface area contributed by atoms with Crippen LogP contribution in [0, 0.1) is 0 Å². The number of hydrogen-bond donors (Lipinski definition) is 3. The van der Waals surface area contributed by atoms with Crippen LogP contribution >= 0.6 is 0 Å². The lowest BCUT2D eigenvalue weighted by atomic mass is 10.3. The maximum Gasteiger partial charge on any atom is 0.115 e. The molecule has 3 rings (SSSR count). The van der Waals surface area contributed by atoms with Crippen LogP contribution in [0.5, 0.6) is 17.2 Å². The van der Waals surface area contributed by atoms with E-state index in [2.05, 4.69) is 27.7 Å². The van der Waals surface area contributed by atoms with Crippen LogP contribution in [0.3, 0.4) is 0 Å². The van der Waals surface area contributed by atoms with E-state index in [1.165, 1.54) is 12.8 Å². The molecule has 0 aliphatic rings. The zero-order valence-corrected chi connectivity index (χ0v) is 18.9. The minimum atomic E-state index is 0. The minimum Gasteiger partial charge on any atom is -0.508 e. The summed E-state index contributed by atoms with van der Waals surface area (Å²) in [6.07, 6.45) is 2.50. The molecule has 3 nitrogen and oxygen atoms in total. The Hall–Kier alpha value is -2.94. The average molecular weight is 417 g/mol. The molecule has 170 valence electrons. The summed E-state index contributed by atoms with van der Waals surface area (Å²) < 4.78 is 0. The first-order valence-corrected chi connectivity index (χ1v) is 10.2. The van der Waals surface area contributed by atoms with Crippen molar-refractivity contribution in [2.75, 3.05) is 0 Å². The summed E-state index contributed by atoms with van der Waals surface area (Å²) in [5, 5.41) is 25.9. The molecule has 0 atom stereocenters. The third-order valence-electron chi connectivity index (χ3n) is 2.27. The Morgan fingerprint density at radius 2 is 0.567 bits per heavy atom. The first kappa shape index (κ1) is 34.6. The van der Waals surface area contributed by atoms with E-state index >= 15 is 0 Å². The van der Waals surface area contributed by atoms with Gasteiger partial charge in [-0.25, -0.2) is 0 Å². The quantitative estimate of drug-likeness (QED) is 0.343.